The molecule has 0 atom stereocenters. The molecule has 0 aliphatic rings. The van der Waals surface area contributed by atoms with Crippen molar-refractivity contribution in [3.05, 3.63) is 41.6 Å². The van der Waals surface area contributed by atoms with E-state index in [1.54, 1.807) is 0 Å². The van der Waals surface area contributed by atoms with Crippen LogP contribution in [-0.2, 0) is 6.54 Å². The fourth-order valence-electron chi connectivity index (χ4n) is 2.83. The zero-order valence-electron chi connectivity index (χ0n) is 13.5. The topological polar surface area (TPSA) is 42.1 Å². The largest absolute Gasteiger partial charge is 0.330 e. The summed E-state index contributed by atoms with van der Waals surface area (Å²) >= 11 is 0. The first-order chi connectivity index (χ1) is 10.1. The predicted octanol–water partition coefficient (Wildman–Crippen LogP) is 3.35. The third kappa shape index (κ3) is 4.51. The highest BCUT2D eigenvalue weighted by atomic mass is 15.1. The van der Waals surface area contributed by atoms with Gasteiger partial charge in [0, 0.05) is 24.2 Å². The molecule has 21 heavy (non-hydrogen) atoms. The molecule has 0 radical (unpaired) electrons. The van der Waals surface area contributed by atoms with Gasteiger partial charge in [-0.15, -0.1) is 0 Å². The molecule has 0 amide bonds. The lowest BCUT2D eigenvalue weighted by atomic mass is 10.1. The minimum Gasteiger partial charge on any atom is -0.330 e. The normalized spacial score (nSPS) is 11.7. The Hall–Kier alpha value is -1.45. The molecule has 114 valence electrons. The summed E-state index contributed by atoms with van der Waals surface area (Å²) in [4.78, 5) is 7.14. The van der Waals surface area contributed by atoms with Crippen LogP contribution in [0.25, 0.3) is 10.9 Å². The van der Waals surface area contributed by atoms with E-state index in [2.05, 4.69) is 61.0 Å². The lowest BCUT2D eigenvalue weighted by Crippen LogP contribution is -2.29. The van der Waals surface area contributed by atoms with Gasteiger partial charge in [-0.25, -0.2) is 0 Å². The van der Waals surface area contributed by atoms with E-state index in [-0.39, 0.29) is 0 Å². The van der Waals surface area contributed by atoms with Gasteiger partial charge in [0.15, 0.2) is 0 Å². The quantitative estimate of drug-likeness (QED) is 0.848. The molecule has 0 bridgehead atoms. The summed E-state index contributed by atoms with van der Waals surface area (Å²) < 4.78 is 0. The molecule has 2 N–H and O–H groups in total. The van der Waals surface area contributed by atoms with Crippen LogP contribution >= 0.6 is 0 Å². The van der Waals surface area contributed by atoms with Crippen molar-refractivity contribution in [2.24, 2.45) is 11.7 Å². The first-order valence-electron chi connectivity index (χ1n) is 7.88. The Morgan fingerprint density at radius 1 is 1.24 bits per heavy atom. The molecule has 0 saturated carbocycles. The van der Waals surface area contributed by atoms with Gasteiger partial charge in [-0.05, 0) is 50.0 Å². The number of fused-ring (bicyclic) bond motifs is 1. The van der Waals surface area contributed by atoms with Crippen molar-refractivity contribution in [3.63, 3.8) is 0 Å². The van der Waals surface area contributed by atoms with Crippen LogP contribution in [0.2, 0.25) is 0 Å². The monoisotopic (exact) mass is 285 g/mol. The number of aromatic nitrogens is 1. The van der Waals surface area contributed by atoms with E-state index in [0.29, 0.717) is 5.92 Å². The van der Waals surface area contributed by atoms with Gasteiger partial charge in [0.2, 0.25) is 0 Å². The van der Waals surface area contributed by atoms with Crippen LogP contribution in [-0.4, -0.2) is 29.5 Å². The van der Waals surface area contributed by atoms with Gasteiger partial charge >= 0.3 is 0 Å². The molecule has 1 heterocycles. The Morgan fingerprint density at radius 2 is 2.00 bits per heavy atom. The molecular weight excluding hydrogens is 258 g/mol. The average Bonchev–Trinajstić information content (AvgIpc) is 2.44. The molecule has 2 aromatic rings. The fraction of sp³-hybridized carbons (Fsp3) is 0.500. The maximum Gasteiger partial charge on any atom is 0.0708 e. The highest BCUT2D eigenvalue weighted by molar-refractivity contribution is 5.82. The van der Waals surface area contributed by atoms with Crippen LogP contribution in [0.4, 0.5) is 0 Å². The van der Waals surface area contributed by atoms with Gasteiger partial charge in [0.1, 0.15) is 0 Å². The molecule has 3 heteroatoms. The Kier molecular flexibility index (Phi) is 5.71. The van der Waals surface area contributed by atoms with Crippen molar-refractivity contribution >= 4 is 10.9 Å². The van der Waals surface area contributed by atoms with Crippen molar-refractivity contribution in [2.75, 3.05) is 19.6 Å². The minimum absolute atomic E-state index is 0.664. The molecule has 2 rings (SSSR count). The zero-order chi connectivity index (χ0) is 15.2. The third-order valence-corrected chi connectivity index (χ3v) is 3.63. The number of para-hydroxylation sites is 1. The Labute approximate surface area is 128 Å². The van der Waals surface area contributed by atoms with Gasteiger partial charge in [0.05, 0.1) is 5.52 Å². The second-order valence-corrected chi connectivity index (χ2v) is 6.21. The van der Waals surface area contributed by atoms with Gasteiger partial charge in [-0.3, -0.25) is 9.88 Å². The second-order valence-electron chi connectivity index (χ2n) is 6.21. The number of rotatable bonds is 7. The van der Waals surface area contributed by atoms with Gasteiger partial charge in [-0.2, -0.15) is 0 Å². The van der Waals surface area contributed by atoms with E-state index in [4.69, 9.17) is 5.73 Å². The van der Waals surface area contributed by atoms with Crippen LogP contribution in [0.1, 0.15) is 31.5 Å². The van der Waals surface area contributed by atoms with Crippen LogP contribution in [0, 0.1) is 12.8 Å². The number of hydrogen-bond donors (Lipinski definition) is 1. The van der Waals surface area contributed by atoms with Gasteiger partial charge in [0.25, 0.3) is 0 Å². The minimum atomic E-state index is 0.664. The molecule has 1 aromatic carbocycles. The molecule has 0 aliphatic carbocycles. The van der Waals surface area contributed by atoms with Gasteiger partial charge in [-0.1, -0.05) is 32.0 Å². The number of aryl methyl sites for hydroxylation is 1. The van der Waals surface area contributed by atoms with E-state index in [9.17, 15) is 0 Å². The predicted molar refractivity (Wildman–Crippen MR) is 90.3 cm³/mol. The average molecular weight is 285 g/mol. The molecular formula is C18H27N3. The van der Waals surface area contributed by atoms with E-state index >= 15 is 0 Å². The summed E-state index contributed by atoms with van der Waals surface area (Å²) in [5, 5.41) is 1.27. The second kappa shape index (κ2) is 7.53. The van der Waals surface area contributed by atoms with Crippen molar-refractivity contribution in [1.82, 2.24) is 9.88 Å². The first-order valence-corrected chi connectivity index (χ1v) is 7.88. The van der Waals surface area contributed by atoms with Crippen molar-refractivity contribution in [3.8, 4) is 0 Å². The van der Waals surface area contributed by atoms with E-state index in [1.807, 2.05) is 0 Å². The lowest BCUT2D eigenvalue weighted by molar-refractivity contribution is 0.235. The maximum absolute atomic E-state index is 5.68. The summed E-state index contributed by atoms with van der Waals surface area (Å²) in [6, 6.07) is 10.6. The zero-order valence-corrected chi connectivity index (χ0v) is 13.5. The van der Waals surface area contributed by atoms with Crippen LogP contribution in [0.15, 0.2) is 30.3 Å². The molecule has 3 nitrogen and oxygen atoms in total. The molecule has 0 fully saturated rings. The van der Waals surface area contributed by atoms with Gasteiger partial charge < -0.3 is 5.73 Å². The summed E-state index contributed by atoms with van der Waals surface area (Å²) in [5.41, 5.74) is 9.23. The summed E-state index contributed by atoms with van der Waals surface area (Å²) in [6.45, 7) is 10.5. The molecule has 1 aromatic heterocycles. The Bertz CT molecular complexity index is 578. The van der Waals surface area contributed by atoms with E-state index in [0.717, 1.165) is 43.8 Å². The summed E-state index contributed by atoms with van der Waals surface area (Å²) in [7, 11) is 0. The third-order valence-electron chi connectivity index (χ3n) is 3.63. The number of nitrogens with two attached hydrogens (primary N) is 1. The lowest BCUT2D eigenvalue weighted by Gasteiger charge is -2.25. The van der Waals surface area contributed by atoms with Crippen molar-refractivity contribution in [2.45, 2.75) is 33.7 Å². The smallest absolute Gasteiger partial charge is 0.0708 e. The first kappa shape index (κ1) is 15.9. The van der Waals surface area contributed by atoms with Crippen LogP contribution in [0.5, 0.6) is 0 Å². The molecule has 0 spiro atoms. The van der Waals surface area contributed by atoms with E-state index < -0.39 is 0 Å². The Morgan fingerprint density at radius 3 is 2.71 bits per heavy atom. The van der Waals surface area contributed by atoms with Crippen molar-refractivity contribution < 1.29 is 0 Å². The summed E-state index contributed by atoms with van der Waals surface area (Å²) in [6.07, 6.45) is 1.05. The molecule has 0 unspecified atom stereocenters. The highest BCUT2D eigenvalue weighted by Gasteiger charge is 2.11. The molecule has 0 aliphatic heterocycles. The summed E-state index contributed by atoms with van der Waals surface area (Å²) in [5.74, 6) is 0.664. The number of nitrogens with zero attached hydrogens (tertiary/aromatic N) is 2. The number of hydrogen-bond acceptors (Lipinski definition) is 3. The Balaban J connectivity index is 2.26. The maximum atomic E-state index is 5.68. The highest BCUT2D eigenvalue weighted by Crippen LogP contribution is 2.20. The van der Waals surface area contributed by atoms with Crippen molar-refractivity contribution in [1.29, 1.82) is 0 Å². The van der Waals surface area contributed by atoms with Crippen LogP contribution in [0.3, 0.4) is 0 Å². The van der Waals surface area contributed by atoms with Crippen LogP contribution < -0.4 is 5.73 Å². The SMILES string of the molecule is Cc1cc(CN(CCCN)CC(C)C)c2ccccc2n1. The number of benzene rings is 1. The number of pyridine rings is 1. The fourth-order valence-corrected chi connectivity index (χ4v) is 2.83. The molecule has 0 saturated heterocycles. The standard InChI is InChI=1S/C18H27N3/c1-14(2)12-21(10-6-9-19)13-16-11-15(3)20-18-8-5-4-7-17(16)18/h4-5,7-8,11,14H,6,9-10,12-13,19H2,1-3H3. The van der Waals surface area contributed by atoms with E-state index in [1.165, 1.54) is 10.9 Å².